The third kappa shape index (κ3) is 2.91. The highest BCUT2D eigenvalue weighted by molar-refractivity contribution is 5.25. The summed E-state index contributed by atoms with van der Waals surface area (Å²) in [7, 11) is 0. The molecule has 20 heavy (non-hydrogen) atoms. The summed E-state index contributed by atoms with van der Waals surface area (Å²) in [5.74, 6) is 1.58. The van der Waals surface area contributed by atoms with E-state index in [2.05, 4.69) is 50.0 Å². The summed E-state index contributed by atoms with van der Waals surface area (Å²) in [5.41, 5.74) is 2.43. The lowest BCUT2D eigenvalue weighted by Crippen LogP contribution is -2.63. The predicted molar refractivity (Wildman–Crippen MR) is 81.8 cm³/mol. The van der Waals surface area contributed by atoms with Gasteiger partial charge in [-0.2, -0.15) is 0 Å². The lowest BCUT2D eigenvalue weighted by atomic mass is 9.90. The lowest BCUT2D eigenvalue weighted by molar-refractivity contribution is 0.0364. The molecular weight excluding hydrogens is 250 g/mol. The van der Waals surface area contributed by atoms with E-state index in [-0.39, 0.29) is 5.54 Å². The van der Waals surface area contributed by atoms with Gasteiger partial charge in [-0.3, -0.25) is 4.90 Å². The van der Waals surface area contributed by atoms with Gasteiger partial charge in [-0.1, -0.05) is 19.0 Å². The van der Waals surface area contributed by atoms with Gasteiger partial charge in [0.05, 0.1) is 5.69 Å². The molecule has 0 aliphatic carbocycles. The Kier molecular flexibility index (Phi) is 4.26. The number of aryl methyl sites for hydroxylation is 2. The fraction of sp³-hybridized carbons (Fsp3) is 0.812. The van der Waals surface area contributed by atoms with Crippen molar-refractivity contribution in [3.63, 3.8) is 0 Å². The van der Waals surface area contributed by atoms with Gasteiger partial charge in [0, 0.05) is 36.3 Å². The van der Waals surface area contributed by atoms with Crippen LogP contribution < -0.4 is 5.32 Å². The van der Waals surface area contributed by atoms with E-state index in [9.17, 15) is 0 Å². The van der Waals surface area contributed by atoms with Crippen molar-refractivity contribution in [1.82, 2.24) is 15.4 Å². The quantitative estimate of drug-likeness (QED) is 0.923. The normalized spacial score (nSPS) is 25.1. The fourth-order valence-electron chi connectivity index (χ4n) is 3.42. The van der Waals surface area contributed by atoms with Crippen molar-refractivity contribution in [2.24, 2.45) is 5.92 Å². The molecule has 1 N–H and O–H groups in total. The summed E-state index contributed by atoms with van der Waals surface area (Å²) in [6.45, 7) is 17.6. The third-order valence-electron chi connectivity index (χ3n) is 4.57. The zero-order valence-electron chi connectivity index (χ0n) is 13.9. The first-order chi connectivity index (χ1) is 9.23. The van der Waals surface area contributed by atoms with Gasteiger partial charge in [-0.25, -0.2) is 0 Å². The standard InChI is InChI=1S/C16H29N3O/c1-10(2)14-8-17-16(6,7)9-19(14)12(4)15-11(3)18-20-13(15)5/h10,12,14,17H,8-9H2,1-7H3. The van der Waals surface area contributed by atoms with Crippen LogP contribution >= 0.6 is 0 Å². The first kappa shape index (κ1) is 15.5. The number of hydrogen-bond acceptors (Lipinski definition) is 4. The number of aromatic nitrogens is 1. The van der Waals surface area contributed by atoms with Gasteiger partial charge in [0.1, 0.15) is 5.76 Å². The van der Waals surface area contributed by atoms with E-state index in [1.54, 1.807) is 0 Å². The Morgan fingerprint density at radius 3 is 2.45 bits per heavy atom. The number of hydrogen-bond donors (Lipinski definition) is 1. The molecule has 4 nitrogen and oxygen atoms in total. The molecule has 1 fully saturated rings. The molecule has 0 bridgehead atoms. The van der Waals surface area contributed by atoms with E-state index in [0.29, 0.717) is 18.0 Å². The first-order valence-electron chi connectivity index (χ1n) is 7.66. The van der Waals surface area contributed by atoms with E-state index >= 15 is 0 Å². The molecular formula is C16H29N3O. The van der Waals surface area contributed by atoms with Crippen molar-refractivity contribution >= 4 is 0 Å². The van der Waals surface area contributed by atoms with Crippen LogP contribution in [0.1, 0.15) is 57.7 Å². The van der Waals surface area contributed by atoms with Crippen LogP contribution in [0.15, 0.2) is 4.52 Å². The van der Waals surface area contributed by atoms with E-state index in [4.69, 9.17) is 4.52 Å². The maximum Gasteiger partial charge on any atom is 0.138 e. The molecule has 1 aliphatic heterocycles. The zero-order chi connectivity index (χ0) is 15.1. The average molecular weight is 279 g/mol. The van der Waals surface area contributed by atoms with Crippen LogP contribution in [-0.2, 0) is 0 Å². The lowest BCUT2D eigenvalue weighted by Gasteiger charge is -2.48. The molecule has 114 valence electrons. The molecule has 0 amide bonds. The first-order valence-corrected chi connectivity index (χ1v) is 7.66. The Morgan fingerprint density at radius 2 is 1.95 bits per heavy atom. The largest absolute Gasteiger partial charge is 0.361 e. The van der Waals surface area contributed by atoms with Gasteiger partial charge in [-0.15, -0.1) is 0 Å². The van der Waals surface area contributed by atoms with Crippen LogP contribution in [0.2, 0.25) is 0 Å². The Balaban J connectivity index is 2.30. The van der Waals surface area contributed by atoms with Crippen LogP contribution in [0.4, 0.5) is 0 Å². The monoisotopic (exact) mass is 279 g/mol. The van der Waals surface area contributed by atoms with Crippen molar-refractivity contribution in [2.45, 2.75) is 66.1 Å². The summed E-state index contributed by atoms with van der Waals surface area (Å²) in [5, 5.41) is 7.79. The van der Waals surface area contributed by atoms with Crippen molar-refractivity contribution < 1.29 is 4.52 Å². The van der Waals surface area contributed by atoms with Gasteiger partial charge >= 0.3 is 0 Å². The van der Waals surface area contributed by atoms with Crippen molar-refractivity contribution in [3.05, 3.63) is 17.0 Å². The number of nitrogens with one attached hydrogen (secondary N) is 1. The second-order valence-electron chi connectivity index (χ2n) is 7.16. The summed E-state index contributed by atoms with van der Waals surface area (Å²) in [6.07, 6.45) is 0. The van der Waals surface area contributed by atoms with E-state index < -0.39 is 0 Å². The minimum Gasteiger partial charge on any atom is -0.361 e. The molecule has 0 radical (unpaired) electrons. The molecule has 2 atom stereocenters. The summed E-state index contributed by atoms with van der Waals surface area (Å²) >= 11 is 0. The van der Waals surface area contributed by atoms with E-state index in [0.717, 1.165) is 24.5 Å². The highest BCUT2D eigenvalue weighted by Gasteiger charge is 2.38. The van der Waals surface area contributed by atoms with Gasteiger partial charge in [0.15, 0.2) is 0 Å². The topological polar surface area (TPSA) is 41.3 Å². The van der Waals surface area contributed by atoms with Gasteiger partial charge in [0.2, 0.25) is 0 Å². The smallest absolute Gasteiger partial charge is 0.138 e. The molecule has 0 saturated carbocycles. The fourth-order valence-corrected chi connectivity index (χ4v) is 3.42. The maximum atomic E-state index is 5.36. The van der Waals surface area contributed by atoms with Crippen LogP contribution in [0.3, 0.4) is 0 Å². The van der Waals surface area contributed by atoms with Crippen LogP contribution in [0.25, 0.3) is 0 Å². The molecule has 1 aromatic rings. The van der Waals surface area contributed by atoms with Crippen molar-refractivity contribution in [3.8, 4) is 0 Å². The molecule has 1 aromatic heterocycles. The molecule has 2 heterocycles. The molecule has 4 heteroatoms. The average Bonchev–Trinajstić information content (AvgIpc) is 2.66. The second-order valence-corrected chi connectivity index (χ2v) is 7.16. The summed E-state index contributed by atoms with van der Waals surface area (Å²) in [6, 6.07) is 0.891. The Labute approximate surface area is 122 Å². The molecule has 2 rings (SSSR count). The predicted octanol–water partition coefficient (Wildman–Crippen LogP) is 3.06. The molecule has 0 spiro atoms. The van der Waals surface area contributed by atoms with E-state index in [1.807, 2.05) is 13.8 Å². The second kappa shape index (κ2) is 5.49. The Morgan fingerprint density at radius 1 is 1.30 bits per heavy atom. The minimum absolute atomic E-state index is 0.151. The number of rotatable bonds is 3. The van der Waals surface area contributed by atoms with Gasteiger partial charge in [0.25, 0.3) is 0 Å². The molecule has 1 aliphatic rings. The third-order valence-corrected chi connectivity index (χ3v) is 4.57. The molecule has 1 saturated heterocycles. The highest BCUT2D eigenvalue weighted by atomic mass is 16.5. The summed E-state index contributed by atoms with van der Waals surface area (Å²) in [4.78, 5) is 2.62. The van der Waals surface area contributed by atoms with Crippen molar-refractivity contribution in [2.75, 3.05) is 13.1 Å². The Bertz CT molecular complexity index is 445. The zero-order valence-corrected chi connectivity index (χ0v) is 13.9. The number of nitrogens with zero attached hydrogens (tertiary/aromatic N) is 2. The SMILES string of the molecule is Cc1noc(C)c1C(C)N1CC(C)(C)NCC1C(C)C. The van der Waals surface area contributed by atoms with Crippen LogP contribution in [-0.4, -0.2) is 34.7 Å². The maximum absolute atomic E-state index is 5.36. The van der Waals surface area contributed by atoms with Crippen LogP contribution in [0, 0.1) is 19.8 Å². The van der Waals surface area contributed by atoms with Gasteiger partial charge < -0.3 is 9.84 Å². The summed E-state index contributed by atoms with van der Waals surface area (Å²) < 4.78 is 5.36. The molecule has 0 aromatic carbocycles. The van der Waals surface area contributed by atoms with Gasteiger partial charge in [-0.05, 0) is 40.5 Å². The van der Waals surface area contributed by atoms with E-state index in [1.165, 1.54) is 5.56 Å². The van der Waals surface area contributed by atoms with Crippen LogP contribution in [0.5, 0.6) is 0 Å². The van der Waals surface area contributed by atoms with Crippen molar-refractivity contribution in [1.29, 1.82) is 0 Å². The number of piperazine rings is 1. The molecule has 2 unspecified atom stereocenters. The minimum atomic E-state index is 0.151. The Hall–Kier alpha value is -0.870. The highest BCUT2D eigenvalue weighted by Crippen LogP contribution is 2.32.